The number of rotatable bonds is 34. The van der Waals surface area contributed by atoms with Gasteiger partial charge in [0.15, 0.2) is 0 Å². The van der Waals surface area contributed by atoms with E-state index in [1.54, 1.807) is 0 Å². The van der Waals surface area contributed by atoms with Crippen LogP contribution in [0.25, 0.3) is 0 Å². The molecule has 0 aliphatic heterocycles. The van der Waals surface area contributed by atoms with Crippen molar-refractivity contribution in [2.45, 2.75) is 116 Å². The predicted molar refractivity (Wildman–Crippen MR) is 208 cm³/mol. The van der Waals surface area contributed by atoms with Crippen molar-refractivity contribution in [3.8, 4) is 5.75 Å². The Hall–Kier alpha value is -3.10. The number of carbonyl (C=O) groups is 2. The standard InChI is InChI=1S/C34H62O8.C8H6O4/c1-3-5-7-9-11-16-20-33(41-31-30-40-29-28-39-27-26-38-25-24-37-23-22-35)34(36,21-17-12-10-8-6-4-2)42-32-18-14-13-15-19-32;9-7(10)5-3-1-2-4-6(5)8(11)12/h13-15,18-19,33,35-36H,3-12,16-17,20-31H2,1-2H3;1-4H,(H,9,10)(H,11,12). The Labute approximate surface area is 323 Å². The highest BCUT2D eigenvalue weighted by atomic mass is 16.7. The summed E-state index contributed by atoms with van der Waals surface area (Å²) >= 11 is 0. The minimum absolute atomic E-state index is 0.0233. The molecular formula is C42H68O12. The summed E-state index contributed by atoms with van der Waals surface area (Å²) in [6.07, 6.45) is 14.8. The van der Waals surface area contributed by atoms with Crippen molar-refractivity contribution in [1.82, 2.24) is 0 Å². The number of unbranched alkanes of at least 4 members (excludes halogenated alkanes) is 10. The van der Waals surface area contributed by atoms with Crippen LogP contribution < -0.4 is 4.74 Å². The van der Waals surface area contributed by atoms with Crippen LogP contribution in [-0.4, -0.2) is 110 Å². The van der Waals surface area contributed by atoms with Crippen LogP contribution in [0.5, 0.6) is 5.75 Å². The van der Waals surface area contributed by atoms with Gasteiger partial charge >= 0.3 is 11.9 Å². The number of benzene rings is 2. The monoisotopic (exact) mass is 764 g/mol. The molecule has 54 heavy (non-hydrogen) atoms. The number of aromatic carboxylic acids is 2. The lowest BCUT2D eigenvalue weighted by molar-refractivity contribution is -0.229. The van der Waals surface area contributed by atoms with Crippen LogP contribution in [-0.2, 0) is 23.7 Å². The van der Waals surface area contributed by atoms with Gasteiger partial charge in [-0.05, 0) is 37.1 Å². The maximum atomic E-state index is 11.9. The lowest BCUT2D eigenvalue weighted by atomic mass is 9.96. The van der Waals surface area contributed by atoms with Crippen molar-refractivity contribution < 1.29 is 58.4 Å². The van der Waals surface area contributed by atoms with Gasteiger partial charge < -0.3 is 48.8 Å². The number of aliphatic hydroxyl groups excluding tert-OH is 1. The van der Waals surface area contributed by atoms with Gasteiger partial charge in [0.2, 0.25) is 5.79 Å². The van der Waals surface area contributed by atoms with Crippen LogP contribution in [0.3, 0.4) is 0 Å². The third-order valence-electron chi connectivity index (χ3n) is 8.54. The lowest BCUT2D eigenvalue weighted by Gasteiger charge is -2.36. The zero-order valence-corrected chi connectivity index (χ0v) is 32.8. The number of ether oxygens (including phenoxy) is 6. The van der Waals surface area contributed by atoms with Gasteiger partial charge in [0.25, 0.3) is 0 Å². The summed E-state index contributed by atoms with van der Waals surface area (Å²) < 4.78 is 34.4. The third kappa shape index (κ3) is 24.3. The summed E-state index contributed by atoms with van der Waals surface area (Å²) in [5.74, 6) is -3.18. The maximum Gasteiger partial charge on any atom is 0.336 e. The molecule has 0 aliphatic rings. The third-order valence-corrected chi connectivity index (χ3v) is 8.54. The molecule has 0 heterocycles. The van der Waals surface area contributed by atoms with E-state index in [0.717, 1.165) is 32.1 Å². The normalized spacial score (nSPS) is 12.7. The molecule has 2 rings (SSSR count). The number of aliphatic hydroxyl groups is 2. The Bertz CT molecular complexity index is 1150. The number of hydrogen-bond donors (Lipinski definition) is 4. The van der Waals surface area contributed by atoms with Crippen LogP contribution in [0, 0.1) is 0 Å². The molecule has 0 fully saturated rings. The average Bonchev–Trinajstić information content (AvgIpc) is 3.17. The summed E-state index contributed by atoms with van der Waals surface area (Å²) in [5, 5.41) is 37.7. The summed E-state index contributed by atoms with van der Waals surface area (Å²) in [6.45, 7) is 8.49. The summed E-state index contributed by atoms with van der Waals surface area (Å²) in [4.78, 5) is 20.9. The van der Waals surface area contributed by atoms with E-state index in [-0.39, 0.29) is 17.7 Å². The fourth-order valence-corrected chi connectivity index (χ4v) is 5.61. The first kappa shape index (κ1) is 48.9. The fraction of sp³-hybridized carbons (Fsp3) is 0.667. The molecule has 308 valence electrons. The summed E-state index contributed by atoms with van der Waals surface area (Å²) in [7, 11) is 0. The van der Waals surface area contributed by atoms with Crippen molar-refractivity contribution in [1.29, 1.82) is 0 Å². The maximum absolute atomic E-state index is 11.9. The molecule has 2 aromatic rings. The van der Waals surface area contributed by atoms with Gasteiger partial charge in [-0.2, -0.15) is 0 Å². The molecule has 0 saturated heterocycles. The second-order valence-electron chi connectivity index (χ2n) is 13.0. The zero-order valence-electron chi connectivity index (χ0n) is 32.8. The molecule has 0 bridgehead atoms. The number of hydrogen-bond acceptors (Lipinski definition) is 10. The van der Waals surface area contributed by atoms with Crippen molar-refractivity contribution in [2.24, 2.45) is 0 Å². The van der Waals surface area contributed by atoms with Crippen LogP contribution in [0.4, 0.5) is 0 Å². The minimum atomic E-state index is -1.39. The Kier molecular flexibility index (Phi) is 30.1. The fourth-order valence-electron chi connectivity index (χ4n) is 5.61. The smallest absolute Gasteiger partial charge is 0.336 e. The number of carboxylic acids is 2. The van der Waals surface area contributed by atoms with E-state index in [9.17, 15) is 14.7 Å². The molecule has 0 radical (unpaired) electrons. The molecular weight excluding hydrogens is 696 g/mol. The summed E-state index contributed by atoms with van der Waals surface area (Å²) in [6, 6.07) is 15.1. The van der Waals surface area contributed by atoms with Crippen LogP contribution >= 0.6 is 0 Å². The SMILES string of the molecule is CCCCCCCCC(OCCOCCOCCOCCOCCO)C(O)(CCCCCCCC)Oc1ccccc1.O=C(O)c1ccccc1C(=O)O. The predicted octanol–water partition coefficient (Wildman–Crippen LogP) is 7.78. The highest BCUT2D eigenvalue weighted by Gasteiger charge is 2.39. The molecule has 0 aromatic heterocycles. The van der Waals surface area contributed by atoms with Crippen molar-refractivity contribution in [2.75, 3.05) is 66.1 Å². The van der Waals surface area contributed by atoms with E-state index < -0.39 is 23.8 Å². The van der Waals surface area contributed by atoms with Crippen molar-refractivity contribution in [3.05, 3.63) is 65.7 Å². The van der Waals surface area contributed by atoms with Crippen molar-refractivity contribution >= 4 is 11.9 Å². The second kappa shape index (κ2) is 33.3. The first-order valence-corrected chi connectivity index (χ1v) is 19.8. The molecule has 4 N–H and O–H groups in total. The van der Waals surface area contributed by atoms with Crippen LogP contribution in [0.2, 0.25) is 0 Å². The first-order valence-electron chi connectivity index (χ1n) is 19.8. The molecule has 0 saturated carbocycles. The van der Waals surface area contributed by atoms with Crippen LogP contribution in [0.1, 0.15) is 124 Å². The number of carboxylic acid groups (broad SMARTS) is 2. The molecule has 0 amide bonds. The quantitative estimate of drug-likeness (QED) is 0.0404. The highest BCUT2D eigenvalue weighted by molar-refractivity contribution is 6.01. The first-order chi connectivity index (χ1) is 26.3. The molecule has 0 spiro atoms. The molecule has 0 aliphatic carbocycles. The molecule has 2 aromatic carbocycles. The molecule has 12 nitrogen and oxygen atoms in total. The van der Waals surface area contributed by atoms with E-state index in [0.29, 0.717) is 71.6 Å². The van der Waals surface area contributed by atoms with E-state index in [2.05, 4.69) is 13.8 Å². The lowest BCUT2D eigenvalue weighted by Crippen LogP contribution is -2.49. The van der Waals surface area contributed by atoms with Gasteiger partial charge in [0.05, 0.1) is 77.2 Å². The van der Waals surface area contributed by atoms with Gasteiger partial charge in [0, 0.05) is 6.42 Å². The molecule has 2 unspecified atom stereocenters. The van der Waals surface area contributed by atoms with Gasteiger partial charge in [0.1, 0.15) is 11.9 Å². The van der Waals surface area contributed by atoms with Gasteiger partial charge in [-0.3, -0.25) is 0 Å². The minimum Gasteiger partial charge on any atom is -0.478 e. The Morgan fingerprint density at radius 2 is 1.00 bits per heavy atom. The van der Waals surface area contributed by atoms with Gasteiger partial charge in [-0.1, -0.05) is 115 Å². The zero-order chi connectivity index (χ0) is 39.5. The summed E-state index contributed by atoms with van der Waals surface area (Å²) in [5.41, 5.74) is -0.380. The van der Waals surface area contributed by atoms with Gasteiger partial charge in [-0.25, -0.2) is 9.59 Å². The number of para-hydroxylation sites is 1. The topological polar surface area (TPSA) is 170 Å². The average molecular weight is 765 g/mol. The Morgan fingerprint density at radius 1 is 0.574 bits per heavy atom. The van der Waals surface area contributed by atoms with E-state index in [1.807, 2.05) is 30.3 Å². The van der Waals surface area contributed by atoms with E-state index >= 15 is 0 Å². The molecule has 2 atom stereocenters. The largest absolute Gasteiger partial charge is 0.478 e. The Morgan fingerprint density at radius 3 is 1.48 bits per heavy atom. The highest BCUT2D eigenvalue weighted by Crippen LogP contribution is 2.30. The van der Waals surface area contributed by atoms with E-state index in [1.165, 1.54) is 75.6 Å². The van der Waals surface area contributed by atoms with Gasteiger partial charge in [-0.15, -0.1) is 0 Å². The van der Waals surface area contributed by atoms with Crippen molar-refractivity contribution in [3.63, 3.8) is 0 Å². The second-order valence-corrected chi connectivity index (χ2v) is 13.0. The Balaban J connectivity index is 0.00000102. The van der Waals surface area contributed by atoms with Crippen LogP contribution in [0.15, 0.2) is 54.6 Å². The van der Waals surface area contributed by atoms with E-state index in [4.69, 9.17) is 43.7 Å². The molecule has 12 heteroatoms.